The zero-order valence-corrected chi connectivity index (χ0v) is 15.3. The molecule has 0 aromatic heterocycles. The monoisotopic (exact) mass is 371 g/mol. The molecule has 3 rings (SSSR count). The van der Waals surface area contributed by atoms with Crippen LogP contribution in [-0.2, 0) is 9.59 Å². The van der Waals surface area contributed by atoms with Crippen LogP contribution in [0.1, 0.15) is 59.2 Å². The summed E-state index contributed by atoms with van der Waals surface area (Å²) >= 11 is 0. The van der Waals surface area contributed by atoms with Gasteiger partial charge in [-0.3, -0.25) is 24.1 Å². The van der Waals surface area contributed by atoms with Gasteiger partial charge in [0.15, 0.2) is 0 Å². The van der Waals surface area contributed by atoms with Crippen LogP contribution in [0.15, 0.2) is 24.3 Å². The molecule has 0 unspecified atom stereocenters. The van der Waals surface area contributed by atoms with Crippen molar-refractivity contribution in [3.8, 4) is 0 Å². The largest absolute Gasteiger partial charge is 0.354 e. The maximum Gasteiger partial charge on any atom is 0.261 e. The molecule has 1 aromatic rings. The molecule has 2 aliphatic rings. The van der Waals surface area contributed by atoms with Crippen molar-refractivity contribution < 1.29 is 19.2 Å². The van der Waals surface area contributed by atoms with E-state index in [4.69, 9.17) is 0 Å². The van der Waals surface area contributed by atoms with Gasteiger partial charge in [0, 0.05) is 32.0 Å². The zero-order valence-electron chi connectivity index (χ0n) is 15.3. The van der Waals surface area contributed by atoms with E-state index in [0.717, 1.165) is 30.6 Å². The maximum absolute atomic E-state index is 12.2. The Morgan fingerprint density at radius 3 is 2.15 bits per heavy atom. The van der Waals surface area contributed by atoms with Crippen molar-refractivity contribution in [1.82, 2.24) is 15.5 Å². The third kappa shape index (κ3) is 4.53. The summed E-state index contributed by atoms with van der Waals surface area (Å²) in [7, 11) is 0. The molecular formula is C20H25N3O4. The minimum atomic E-state index is -0.358. The van der Waals surface area contributed by atoms with Gasteiger partial charge < -0.3 is 10.6 Å². The summed E-state index contributed by atoms with van der Waals surface area (Å²) < 4.78 is 0. The Bertz CT molecular complexity index is 705. The van der Waals surface area contributed by atoms with Crippen LogP contribution in [-0.4, -0.2) is 48.2 Å². The first-order valence-corrected chi connectivity index (χ1v) is 9.57. The van der Waals surface area contributed by atoms with E-state index in [2.05, 4.69) is 10.6 Å². The lowest BCUT2D eigenvalue weighted by Gasteiger charge is -2.20. The highest BCUT2D eigenvalue weighted by Crippen LogP contribution is 2.23. The van der Waals surface area contributed by atoms with Crippen LogP contribution in [0.5, 0.6) is 0 Å². The van der Waals surface area contributed by atoms with Crippen molar-refractivity contribution >= 4 is 23.6 Å². The molecule has 4 amide bonds. The molecule has 1 aliphatic heterocycles. The van der Waals surface area contributed by atoms with E-state index in [0.29, 0.717) is 24.2 Å². The number of hydrogen-bond acceptors (Lipinski definition) is 4. The van der Waals surface area contributed by atoms with Crippen LogP contribution >= 0.6 is 0 Å². The first kappa shape index (κ1) is 19.1. The van der Waals surface area contributed by atoms with Crippen molar-refractivity contribution in [2.45, 2.75) is 38.5 Å². The third-order valence-corrected chi connectivity index (χ3v) is 5.16. The fourth-order valence-corrected chi connectivity index (χ4v) is 3.64. The number of nitrogens with zero attached hydrogens (tertiary/aromatic N) is 1. The standard InChI is InChI=1S/C20H25N3O4/c24-17(21-11-12-22-18(25)14-6-2-1-3-7-14)10-13-23-19(26)15-8-4-5-9-16(15)20(23)27/h4-5,8-9,14H,1-3,6-7,10-13H2,(H,21,24)(H,22,25). The molecule has 0 bridgehead atoms. The average Bonchev–Trinajstić information content (AvgIpc) is 2.94. The average molecular weight is 371 g/mol. The van der Waals surface area contributed by atoms with Crippen molar-refractivity contribution in [2.75, 3.05) is 19.6 Å². The van der Waals surface area contributed by atoms with Crippen LogP contribution in [0.3, 0.4) is 0 Å². The quantitative estimate of drug-likeness (QED) is 0.561. The SMILES string of the molecule is O=C(CCN1C(=O)c2ccccc2C1=O)NCCNC(=O)C1CCCCC1. The van der Waals surface area contributed by atoms with Crippen LogP contribution in [0.25, 0.3) is 0 Å². The lowest BCUT2D eigenvalue weighted by atomic mass is 9.89. The lowest BCUT2D eigenvalue weighted by molar-refractivity contribution is -0.126. The Kier molecular flexibility index (Phi) is 6.21. The molecule has 1 fully saturated rings. The predicted molar refractivity (Wildman–Crippen MR) is 99.0 cm³/mol. The number of rotatable bonds is 7. The van der Waals surface area contributed by atoms with Crippen LogP contribution in [0.4, 0.5) is 0 Å². The number of nitrogens with one attached hydrogen (secondary N) is 2. The van der Waals surface area contributed by atoms with E-state index in [1.165, 1.54) is 6.42 Å². The van der Waals surface area contributed by atoms with Crippen molar-refractivity contribution in [2.24, 2.45) is 5.92 Å². The second-order valence-electron chi connectivity index (χ2n) is 7.03. The highest BCUT2D eigenvalue weighted by Gasteiger charge is 2.34. The summed E-state index contributed by atoms with van der Waals surface area (Å²) in [4.78, 5) is 49.5. The Morgan fingerprint density at radius 1 is 0.926 bits per heavy atom. The second kappa shape index (κ2) is 8.79. The molecule has 144 valence electrons. The van der Waals surface area contributed by atoms with Gasteiger partial charge in [0.05, 0.1) is 11.1 Å². The fraction of sp³-hybridized carbons (Fsp3) is 0.500. The van der Waals surface area contributed by atoms with Crippen molar-refractivity contribution in [3.63, 3.8) is 0 Å². The number of amides is 4. The van der Waals surface area contributed by atoms with Gasteiger partial charge in [-0.15, -0.1) is 0 Å². The van der Waals surface area contributed by atoms with E-state index in [1.807, 2.05) is 0 Å². The van der Waals surface area contributed by atoms with Crippen LogP contribution < -0.4 is 10.6 Å². The molecule has 0 saturated heterocycles. The summed E-state index contributed by atoms with van der Waals surface area (Å²) in [6.45, 7) is 0.764. The van der Waals surface area contributed by atoms with Gasteiger partial charge in [-0.25, -0.2) is 0 Å². The van der Waals surface area contributed by atoms with Gasteiger partial charge in [-0.1, -0.05) is 31.4 Å². The minimum absolute atomic E-state index is 0.0437. The molecule has 27 heavy (non-hydrogen) atoms. The molecule has 1 aromatic carbocycles. The summed E-state index contributed by atoms with van der Waals surface area (Å²) in [6.07, 6.45) is 5.34. The zero-order chi connectivity index (χ0) is 19.2. The van der Waals surface area contributed by atoms with Gasteiger partial charge in [-0.05, 0) is 25.0 Å². The number of carbonyl (C=O) groups is 4. The number of carbonyl (C=O) groups excluding carboxylic acids is 4. The summed E-state index contributed by atoms with van der Waals surface area (Å²) in [6, 6.07) is 6.65. The highest BCUT2D eigenvalue weighted by molar-refractivity contribution is 6.21. The van der Waals surface area contributed by atoms with Gasteiger partial charge in [0.25, 0.3) is 11.8 Å². The molecule has 0 atom stereocenters. The van der Waals surface area contributed by atoms with Gasteiger partial charge >= 0.3 is 0 Å². The highest BCUT2D eigenvalue weighted by atomic mass is 16.2. The summed E-state index contributed by atoms with van der Waals surface area (Å²) in [5.41, 5.74) is 0.765. The maximum atomic E-state index is 12.2. The Balaban J connectivity index is 1.35. The Labute approximate surface area is 158 Å². The van der Waals surface area contributed by atoms with Gasteiger partial charge in [-0.2, -0.15) is 0 Å². The first-order chi connectivity index (χ1) is 13.1. The molecule has 0 spiro atoms. The number of hydrogen-bond donors (Lipinski definition) is 2. The van der Waals surface area contributed by atoms with Gasteiger partial charge in [0.1, 0.15) is 0 Å². The molecule has 7 nitrogen and oxygen atoms in total. The Hall–Kier alpha value is -2.70. The van der Waals surface area contributed by atoms with Gasteiger partial charge in [0.2, 0.25) is 11.8 Å². The van der Waals surface area contributed by atoms with E-state index >= 15 is 0 Å². The van der Waals surface area contributed by atoms with Crippen LogP contribution in [0, 0.1) is 5.92 Å². The second-order valence-corrected chi connectivity index (χ2v) is 7.03. The fourth-order valence-electron chi connectivity index (χ4n) is 3.64. The van der Waals surface area contributed by atoms with E-state index in [9.17, 15) is 19.2 Å². The van der Waals surface area contributed by atoms with Crippen LogP contribution in [0.2, 0.25) is 0 Å². The lowest BCUT2D eigenvalue weighted by Crippen LogP contribution is -2.39. The van der Waals surface area contributed by atoms with Crippen molar-refractivity contribution in [3.05, 3.63) is 35.4 Å². The van der Waals surface area contributed by atoms with E-state index in [-0.39, 0.29) is 42.5 Å². The van der Waals surface area contributed by atoms with Crippen molar-refractivity contribution in [1.29, 1.82) is 0 Å². The molecule has 1 aliphatic carbocycles. The molecule has 1 saturated carbocycles. The molecule has 2 N–H and O–H groups in total. The Morgan fingerprint density at radius 2 is 1.52 bits per heavy atom. The number of imide groups is 1. The number of benzene rings is 1. The van der Waals surface area contributed by atoms with E-state index < -0.39 is 0 Å². The van der Waals surface area contributed by atoms with E-state index in [1.54, 1.807) is 24.3 Å². The topological polar surface area (TPSA) is 95.6 Å². The molecule has 0 radical (unpaired) electrons. The number of fused-ring (bicyclic) bond motifs is 1. The normalized spacial score (nSPS) is 17.0. The molecular weight excluding hydrogens is 346 g/mol. The predicted octanol–water partition coefficient (Wildman–Crippen LogP) is 1.49. The minimum Gasteiger partial charge on any atom is -0.354 e. The summed E-state index contributed by atoms with van der Waals surface area (Å²) in [5, 5.41) is 5.57. The molecule has 1 heterocycles. The smallest absolute Gasteiger partial charge is 0.261 e. The third-order valence-electron chi connectivity index (χ3n) is 5.16. The first-order valence-electron chi connectivity index (χ1n) is 9.57. The summed E-state index contributed by atoms with van der Waals surface area (Å²) in [5.74, 6) is -0.803. The molecule has 7 heteroatoms.